The summed E-state index contributed by atoms with van der Waals surface area (Å²) in [6.07, 6.45) is 0.735. The van der Waals surface area contributed by atoms with Gasteiger partial charge in [-0.05, 0) is 37.1 Å². The van der Waals surface area contributed by atoms with Crippen molar-refractivity contribution in [2.75, 3.05) is 6.61 Å². The molecule has 2 aromatic rings. The van der Waals surface area contributed by atoms with Crippen molar-refractivity contribution in [3.8, 4) is 11.8 Å². The van der Waals surface area contributed by atoms with E-state index in [1.807, 2.05) is 18.2 Å². The molecule has 92 valence electrons. The molecule has 0 spiro atoms. The summed E-state index contributed by atoms with van der Waals surface area (Å²) in [6, 6.07) is 8.10. The van der Waals surface area contributed by atoms with Gasteiger partial charge in [-0.2, -0.15) is 5.26 Å². The van der Waals surface area contributed by atoms with Crippen LogP contribution in [0, 0.1) is 25.2 Å². The van der Waals surface area contributed by atoms with Crippen LogP contribution >= 0.6 is 11.3 Å². The van der Waals surface area contributed by atoms with Crippen LogP contribution in [-0.4, -0.2) is 11.6 Å². The van der Waals surface area contributed by atoms with Crippen molar-refractivity contribution in [3.05, 3.63) is 45.4 Å². The van der Waals surface area contributed by atoms with E-state index in [2.05, 4.69) is 24.9 Å². The van der Waals surface area contributed by atoms with Crippen molar-refractivity contribution in [2.24, 2.45) is 0 Å². The number of hydrogen-bond donors (Lipinski definition) is 0. The van der Waals surface area contributed by atoms with Crippen LogP contribution < -0.4 is 4.74 Å². The number of aromatic nitrogens is 1. The van der Waals surface area contributed by atoms with Crippen LogP contribution in [-0.2, 0) is 6.42 Å². The molecular formula is C14H14N2OS. The maximum atomic E-state index is 8.67. The molecule has 18 heavy (non-hydrogen) atoms. The van der Waals surface area contributed by atoms with Crippen LogP contribution in [0.2, 0.25) is 0 Å². The van der Waals surface area contributed by atoms with Gasteiger partial charge in [-0.15, -0.1) is 11.3 Å². The summed E-state index contributed by atoms with van der Waals surface area (Å²) in [5.74, 6) is 0.884. The number of rotatable bonds is 4. The van der Waals surface area contributed by atoms with Gasteiger partial charge < -0.3 is 4.74 Å². The molecule has 0 atom stereocenters. The molecule has 0 N–H and O–H groups in total. The SMILES string of the molecule is Cc1ccc(OCCc2nc(C#N)cs2)cc1C. The summed E-state index contributed by atoms with van der Waals surface area (Å²) in [7, 11) is 0. The summed E-state index contributed by atoms with van der Waals surface area (Å²) in [4.78, 5) is 4.17. The highest BCUT2D eigenvalue weighted by Crippen LogP contribution is 2.17. The van der Waals surface area contributed by atoms with Crippen molar-refractivity contribution in [1.29, 1.82) is 5.26 Å². The van der Waals surface area contributed by atoms with Crippen LogP contribution in [0.25, 0.3) is 0 Å². The molecular weight excluding hydrogens is 244 g/mol. The van der Waals surface area contributed by atoms with E-state index in [4.69, 9.17) is 10.00 Å². The Morgan fingerprint density at radius 3 is 2.83 bits per heavy atom. The van der Waals surface area contributed by atoms with E-state index >= 15 is 0 Å². The van der Waals surface area contributed by atoms with Gasteiger partial charge in [-0.1, -0.05) is 6.07 Å². The van der Waals surface area contributed by atoms with Gasteiger partial charge >= 0.3 is 0 Å². The second-order valence-electron chi connectivity index (χ2n) is 4.08. The normalized spacial score (nSPS) is 10.1. The van der Waals surface area contributed by atoms with E-state index in [1.165, 1.54) is 22.5 Å². The molecule has 0 amide bonds. The van der Waals surface area contributed by atoms with Gasteiger partial charge in [0.05, 0.1) is 11.6 Å². The molecule has 1 heterocycles. The van der Waals surface area contributed by atoms with Crippen LogP contribution in [0.1, 0.15) is 21.8 Å². The molecule has 0 unspecified atom stereocenters. The van der Waals surface area contributed by atoms with E-state index in [0.29, 0.717) is 12.3 Å². The van der Waals surface area contributed by atoms with E-state index in [1.54, 1.807) is 5.38 Å². The zero-order valence-corrected chi connectivity index (χ0v) is 11.3. The Morgan fingerprint density at radius 1 is 1.33 bits per heavy atom. The molecule has 0 fully saturated rings. The molecule has 0 aliphatic heterocycles. The van der Waals surface area contributed by atoms with Gasteiger partial charge in [-0.3, -0.25) is 0 Å². The molecule has 0 aliphatic carbocycles. The van der Waals surface area contributed by atoms with E-state index in [-0.39, 0.29) is 0 Å². The molecule has 0 saturated carbocycles. The number of aryl methyl sites for hydroxylation is 2. The van der Waals surface area contributed by atoms with Crippen molar-refractivity contribution in [3.63, 3.8) is 0 Å². The average molecular weight is 258 g/mol. The standard InChI is InChI=1S/C14H14N2OS/c1-10-3-4-13(7-11(10)2)17-6-5-14-16-12(8-15)9-18-14/h3-4,7,9H,5-6H2,1-2H3. The van der Waals surface area contributed by atoms with Gasteiger partial charge in [-0.25, -0.2) is 4.98 Å². The van der Waals surface area contributed by atoms with Gasteiger partial charge in [0.15, 0.2) is 5.69 Å². The minimum atomic E-state index is 0.487. The molecule has 0 saturated heterocycles. The Kier molecular flexibility index (Phi) is 3.96. The second kappa shape index (κ2) is 5.65. The number of hydrogen-bond acceptors (Lipinski definition) is 4. The predicted molar refractivity (Wildman–Crippen MR) is 71.9 cm³/mol. The lowest BCUT2D eigenvalue weighted by molar-refractivity contribution is 0.321. The molecule has 1 aromatic carbocycles. The maximum absolute atomic E-state index is 8.67. The first-order chi connectivity index (χ1) is 8.69. The predicted octanol–water partition coefficient (Wildman–Crippen LogP) is 3.25. The van der Waals surface area contributed by atoms with E-state index in [0.717, 1.165) is 17.2 Å². The highest BCUT2D eigenvalue weighted by molar-refractivity contribution is 7.09. The number of nitriles is 1. The van der Waals surface area contributed by atoms with Crippen LogP contribution in [0.5, 0.6) is 5.75 Å². The van der Waals surface area contributed by atoms with Crippen molar-refractivity contribution < 1.29 is 4.74 Å². The molecule has 2 rings (SSSR count). The smallest absolute Gasteiger partial charge is 0.151 e. The Balaban J connectivity index is 1.88. The second-order valence-corrected chi connectivity index (χ2v) is 5.03. The first kappa shape index (κ1) is 12.6. The largest absolute Gasteiger partial charge is 0.493 e. The third kappa shape index (κ3) is 3.08. The van der Waals surface area contributed by atoms with Crippen molar-refractivity contribution >= 4 is 11.3 Å². The Morgan fingerprint density at radius 2 is 2.17 bits per heavy atom. The fourth-order valence-corrected chi connectivity index (χ4v) is 2.24. The van der Waals surface area contributed by atoms with Gasteiger partial charge in [0, 0.05) is 11.8 Å². The van der Waals surface area contributed by atoms with Crippen LogP contribution in [0.3, 0.4) is 0 Å². The number of nitrogens with zero attached hydrogens (tertiary/aromatic N) is 2. The van der Waals surface area contributed by atoms with Gasteiger partial charge in [0.25, 0.3) is 0 Å². The fourth-order valence-electron chi connectivity index (χ4n) is 1.54. The highest BCUT2D eigenvalue weighted by atomic mass is 32.1. The third-order valence-corrected chi connectivity index (χ3v) is 3.64. The fraction of sp³-hybridized carbons (Fsp3) is 0.286. The third-order valence-electron chi connectivity index (χ3n) is 2.73. The lowest BCUT2D eigenvalue weighted by Crippen LogP contribution is -2.01. The lowest BCUT2D eigenvalue weighted by atomic mass is 10.1. The minimum absolute atomic E-state index is 0.487. The van der Waals surface area contributed by atoms with Crippen molar-refractivity contribution in [1.82, 2.24) is 4.98 Å². The first-order valence-corrected chi connectivity index (χ1v) is 6.61. The van der Waals surface area contributed by atoms with Crippen LogP contribution in [0.4, 0.5) is 0 Å². The zero-order chi connectivity index (χ0) is 13.0. The van der Waals surface area contributed by atoms with E-state index < -0.39 is 0 Å². The Labute approximate surface area is 111 Å². The van der Waals surface area contributed by atoms with Crippen molar-refractivity contribution in [2.45, 2.75) is 20.3 Å². The quantitative estimate of drug-likeness (QED) is 0.845. The number of ether oxygens (including phenoxy) is 1. The Bertz CT molecular complexity index is 584. The molecule has 3 nitrogen and oxygen atoms in total. The zero-order valence-electron chi connectivity index (χ0n) is 10.4. The number of benzene rings is 1. The molecule has 0 radical (unpaired) electrons. The summed E-state index contributed by atoms with van der Waals surface area (Å²) in [5, 5.41) is 11.4. The maximum Gasteiger partial charge on any atom is 0.151 e. The Hall–Kier alpha value is -1.86. The topological polar surface area (TPSA) is 45.9 Å². The average Bonchev–Trinajstić information content (AvgIpc) is 2.82. The summed E-state index contributed by atoms with van der Waals surface area (Å²) in [5.41, 5.74) is 2.98. The van der Waals surface area contributed by atoms with E-state index in [9.17, 15) is 0 Å². The summed E-state index contributed by atoms with van der Waals surface area (Å²) >= 11 is 1.50. The van der Waals surface area contributed by atoms with Crippen LogP contribution in [0.15, 0.2) is 23.6 Å². The monoisotopic (exact) mass is 258 g/mol. The minimum Gasteiger partial charge on any atom is -0.493 e. The lowest BCUT2D eigenvalue weighted by Gasteiger charge is -2.07. The molecule has 0 aliphatic rings. The molecule has 0 bridgehead atoms. The first-order valence-electron chi connectivity index (χ1n) is 5.73. The van der Waals surface area contributed by atoms with Gasteiger partial charge in [0.2, 0.25) is 0 Å². The number of thiazole rings is 1. The molecule has 4 heteroatoms. The highest BCUT2D eigenvalue weighted by Gasteiger charge is 2.02. The summed E-state index contributed by atoms with van der Waals surface area (Å²) in [6.45, 7) is 4.74. The summed E-state index contributed by atoms with van der Waals surface area (Å²) < 4.78 is 5.67. The van der Waals surface area contributed by atoms with Gasteiger partial charge in [0.1, 0.15) is 11.8 Å². The molecule has 1 aromatic heterocycles.